The molecule has 0 atom stereocenters. The van der Waals surface area contributed by atoms with Gasteiger partial charge in [-0.05, 0) is 43.7 Å². The van der Waals surface area contributed by atoms with Crippen molar-refractivity contribution in [1.82, 2.24) is 19.4 Å². The molecule has 0 spiro atoms. The molecule has 1 fully saturated rings. The third-order valence-corrected chi connectivity index (χ3v) is 5.45. The number of fused-ring (bicyclic) bond motifs is 1. The summed E-state index contributed by atoms with van der Waals surface area (Å²) in [6.07, 6.45) is 3.96. The fourth-order valence-corrected chi connectivity index (χ4v) is 3.80. The van der Waals surface area contributed by atoms with Gasteiger partial charge in [-0.15, -0.1) is 0 Å². The van der Waals surface area contributed by atoms with E-state index in [1.807, 2.05) is 6.07 Å². The first-order valence-corrected chi connectivity index (χ1v) is 9.24. The Balaban J connectivity index is 1.72. The van der Waals surface area contributed by atoms with E-state index in [1.54, 1.807) is 13.1 Å². The average Bonchev–Trinajstić information content (AvgIpc) is 2.69. The maximum Gasteiger partial charge on any atom is 0.332 e. The number of rotatable bonds is 5. The smallest absolute Gasteiger partial charge is 0.332 e. The minimum atomic E-state index is -0.368. The first-order chi connectivity index (χ1) is 12.9. The van der Waals surface area contributed by atoms with Crippen LogP contribution < -0.4 is 16.6 Å². The highest BCUT2D eigenvalue weighted by Gasteiger charge is 2.24. The summed E-state index contributed by atoms with van der Waals surface area (Å²) in [6, 6.07) is 3.68. The van der Waals surface area contributed by atoms with E-state index < -0.39 is 0 Å². The third kappa shape index (κ3) is 3.95. The van der Waals surface area contributed by atoms with Crippen LogP contribution in [0.3, 0.4) is 0 Å². The van der Waals surface area contributed by atoms with Crippen LogP contribution >= 0.6 is 0 Å². The number of carbonyl (C=O) groups is 1. The number of hydrogen-bond donors (Lipinski definition) is 1. The van der Waals surface area contributed by atoms with Crippen molar-refractivity contribution in [3.8, 4) is 0 Å². The predicted molar refractivity (Wildman–Crippen MR) is 102 cm³/mol. The molecule has 1 aliphatic rings. The van der Waals surface area contributed by atoms with Gasteiger partial charge < -0.3 is 10.1 Å². The zero-order valence-corrected chi connectivity index (χ0v) is 16.0. The summed E-state index contributed by atoms with van der Waals surface area (Å²) in [5.74, 6) is 0.678. The second-order valence-electron chi connectivity index (χ2n) is 7.27. The SMILES string of the molecule is COCC(=O)NCC1CCC(c2ccc3c(=O)n(C)c(=O)n(C)c3n2)CC1. The number of pyridine rings is 1. The van der Waals surface area contributed by atoms with Crippen molar-refractivity contribution in [1.29, 1.82) is 0 Å². The standard InChI is InChI=1S/C19H26N4O4/c1-22-17-14(18(25)23(2)19(22)26)8-9-15(21-17)13-6-4-12(5-7-13)10-20-16(24)11-27-3/h8-9,12-13H,4-7,10-11H2,1-3H3,(H,20,24). The highest BCUT2D eigenvalue weighted by Crippen LogP contribution is 2.35. The number of nitrogens with zero attached hydrogens (tertiary/aromatic N) is 3. The van der Waals surface area contributed by atoms with Crippen molar-refractivity contribution in [2.75, 3.05) is 20.3 Å². The number of nitrogens with one attached hydrogen (secondary N) is 1. The Hall–Kier alpha value is -2.48. The summed E-state index contributed by atoms with van der Waals surface area (Å²) in [5, 5.41) is 3.36. The van der Waals surface area contributed by atoms with E-state index in [9.17, 15) is 14.4 Å². The molecule has 1 amide bonds. The normalized spacial score (nSPS) is 20.0. The van der Waals surface area contributed by atoms with Crippen molar-refractivity contribution in [3.63, 3.8) is 0 Å². The average molecular weight is 374 g/mol. The zero-order chi connectivity index (χ0) is 19.6. The van der Waals surface area contributed by atoms with Crippen LogP contribution in [0.2, 0.25) is 0 Å². The number of amides is 1. The van der Waals surface area contributed by atoms with Gasteiger partial charge in [0.2, 0.25) is 5.91 Å². The molecule has 0 aromatic carbocycles. The molecule has 0 radical (unpaired) electrons. The molecule has 8 heteroatoms. The third-order valence-electron chi connectivity index (χ3n) is 5.45. The fraction of sp³-hybridized carbons (Fsp3) is 0.579. The van der Waals surface area contributed by atoms with Gasteiger partial charge in [0.25, 0.3) is 5.56 Å². The van der Waals surface area contributed by atoms with E-state index in [4.69, 9.17) is 4.74 Å². The van der Waals surface area contributed by atoms with Gasteiger partial charge in [-0.1, -0.05) is 0 Å². The van der Waals surface area contributed by atoms with Crippen molar-refractivity contribution in [3.05, 3.63) is 38.7 Å². The van der Waals surface area contributed by atoms with Crippen LogP contribution in [0.25, 0.3) is 11.0 Å². The summed E-state index contributed by atoms with van der Waals surface area (Å²) >= 11 is 0. The summed E-state index contributed by atoms with van der Waals surface area (Å²) in [5.41, 5.74) is 0.678. The van der Waals surface area contributed by atoms with Crippen LogP contribution in [0, 0.1) is 5.92 Å². The van der Waals surface area contributed by atoms with Gasteiger partial charge in [0.1, 0.15) is 12.3 Å². The Morgan fingerprint density at radius 2 is 1.89 bits per heavy atom. The number of carbonyl (C=O) groups excluding carboxylic acids is 1. The predicted octanol–water partition coefficient (Wildman–Crippen LogP) is 0.669. The van der Waals surface area contributed by atoms with Gasteiger partial charge in [0.05, 0.1) is 5.39 Å². The number of methoxy groups -OCH3 is 1. The van der Waals surface area contributed by atoms with Gasteiger partial charge in [-0.25, -0.2) is 9.78 Å². The summed E-state index contributed by atoms with van der Waals surface area (Å²) in [7, 11) is 4.62. The quantitative estimate of drug-likeness (QED) is 0.830. The molecular weight excluding hydrogens is 348 g/mol. The molecule has 2 aromatic rings. The van der Waals surface area contributed by atoms with E-state index in [2.05, 4.69) is 10.3 Å². The lowest BCUT2D eigenvalue weighted by molar-refractivity contribution is -0.124. The van der Waals surface area contributed by atoms with Crippen molar-refractivity contribution in [2.45, 2.75) is 31.6 Å². The molecule has 2 aromatic heterocycles. The van der Waals surface area contributed by atoms with Crippen molar-refractivity contribution >= 4 is 16.9 Å². The van der Waals surface area contributed by atoms with Crippen molar-refractivity contribution in [2.24, 2.45) is 20.0 Å². The second-order valence-corrected chi connectivity index (χ2v) is 7.27. The largest absolute Gasteiger partial charge is 0.375 e. The molecule has 0 unspecified atom stereocenters. The van der Waals surface area contributed by atoms with Gasteiger partial charge in [0, 0.05) is 39.4 Å². The molecule has 0 saturated heterocycles. The Bertz CT molecular complexity index is 955. The molecular formula is C19H26N4O4. The minimum Gasteiger partial charge on any atom is -0.375 e. The van der Waals surface area contributed by atoms with E-state index in [-0.39, 0.29) is 23.8 Å². The number of aromatic nitrogens is 3. The highest BCUT2D eigenvalue weighted by atomic mass is 16.5. The highest BCUT2D eigenvalue weighted by molar-refractivity contribution is 5.77. The molecule has 3 rings (SSSR count). The Morgan fingerprint density at radius 1 is 1.19 bits per heavy atom. The van der Waals surface area contributed by atoms with Gasteiger partial charge >= 0.3 is 5.69 Å². The van der Waals surface area contributed by atoms with Crippen LogP contribution in [-0.4, -0.2) is 40.3 Å². The lowest BCUT2D eigenvalue weighted by atomic mass is 9.80. The first-order valence-electron chi connectivity index (χ1n) is 9.24. The Labute approximate surface area is 157 Å². The fourth-order valence-electron chi connectivity index (χ4n) is 3.80. The number of hydrogen-bond acceptors (Lipinski definition) is 5. The Kier molecular flexibility index (Phi) is 5.74. The second kappa shape index (κ2) is 8.04. The molecule has 27 heavy (non-hydrogen) atoms. The van der Waals surface area contributed by atoms with Gasteiger partial charge in [-0.3, -0.25) is 18.7 Å². The van der Waals surface area contributed by atoms with Crippen molar-refractivity contribution < 1.29 is 9.53 Å². The van der Waals surface area contributed by atoms with Gasteiger partial charge in [-0.2, -0.15) is 0 Å². The zero-order valence-electron chi connectivity index (χ0n) is 16.0. The summed E-state index contributed by atoms with van der Waals surface area (Å²) < 4.78 is 7.35. The molecule has 1 aliphatic carbocycles. The van der Waals surface area contributed by atoms with Crippen LogP contribution in [-0.2, 0) is 23.6 Å². The van der Waals surface area contributed by atoms with E-state index in [0.717, 1.165) is 35.9 Å². The Morgan fingerprint density at radius 3 is 2.56 bits per heavy atom. The molecule has 2 heterocycles. The molecule has 8 nitrogen and oxygen atoms in total. The topological polar surface area (TPSA) is 95.2 Å². The first kappa shape index (κ1) is 19.3. The lowest BCUT2D eigenvalue weighted by Gasteiger charge is -2.28. The molecule has 146 valence electrons. The number of aryl methyl sites for hydroxylation is 1. The summed E-state index contributed by atoms with van der Waals surface area (Å²) in [4.78, 5) is 40.6. The molecule has 0 bridgehead atoms. The number of ether oxygens (including phenoxy) is 1. The molecule has 1 N–H and O–H groups in total. The van der Waals surface area contributed by atoms with E-state index in [1.165, 1.54) is 18.7 Å². The molecule has 1 saturated carbocycles. The maximum atomic E-state index is 12.3. The van der Waals surface area contributed by atoms with Crippen LogP contribution in [0.4, 0.5) is 0 Å². The van der Waals surface area contributed by atoms with Crippen LogP contribution in [0.1, 0.15) is 37.3 Å². The lowest BCUT2D eigenvalue weighted by Crippen LogP contribution is -2.37. The van der Waals surface area contributed by atoms with Crippen LogP contribution in [0.5, 0.6) is 0 Å². The summed E-state index contributed by atoms with van der Waals surface area (Å²) in [6.45, 7) is 0.763. The van der Waals surface area contributed by atoms with Crippen LogP contribution in [0.15, 0.2) is 21.7 Å². The monoisotopic (exact) mass is 374 g/mol. The van der Waals surface area contributed by atoms with E-state index >= 15 is 0 Å². The maximum absolute atomic E-state index is 12.3. The molecule has 0 aliphatic heterocycles. The van der Waals surface area contributed by atoms with Gasteiger partial charge in [0.15, 0.2) is 0 Å². The van der Waals surface area contributed by atoms with E-state index in [0.29, 0.717) is 29.4 Å². The minimum absolute atomic E-state index is 0.0849.